The van der Waals surface area contributed by atoms with E-state index in [4.69, 9.17) is 5.11 Å². The maximum Gasteiger partial charge on any atom is 0.0431 e. The Hall–Kier alpha value is -0.300. The molecule has 0 aliphatic carbocycles. The molecule has 1 atom stereocenters. The first kappa shape index (κ1) is 11.7. The zero-order valence-electron chi connectivity index (χ0n) is 8.47. The second-order valence-corrected chi connectivity index (χ2v) is 3.82. The van der Waals surface area contributed by atoms with Gasteiger partial charge in [0.15, 0.2) is 0 Å². The van der Waals surface area contributed by atoms with Crippen molar-refractivity contribution >= 4 is 0 Å². The number of hydrogen-bond donors (Lipinski definition) is 1. The smallest absolute Gasteiger partial charge is 0.0431 e. The second-order valence-electron chi connectivity index (χ2n) is 3.82. The van der Waals surface area contributed by atoms with Crippen molar-refractivity contribution < 1.29 is 5.11 Å². The standard InChI is InChI=1S/C11H22O/c1-10(2)6-4-7-11(3)8-5-9-12/h11-12H,1,4-9H2,2-3H3. The molecule has 0 saturated carbocycles. The number of rotatable bonds is 7. The molecule has 72 valence electrons. The Labute approximate surface area is 76.5 Å². The quantitative estimate of drug-likeness (QED) is 0.582. The van der Waals surface area contributed by atoms with Gasteiger partial charge in [-0.25, -0.2) is 0 Å². The van der Waals surface area contributed by atoms with Gasteiger partial charge in [-0.1, -0.05) is 18.9 Å². The highest BCUT2D eigenvalue weighted by molar-refractivity contribution is 4.87. The lowest BCUT2D eigenvalue weighted by Crippen LogP contribution is -1.96. The van der Waals surface area contributed by atoms with Gasteiger partial charge in [0.25, 0.3) is 0 Å². The summed E-state index contributed by atoms with van der Waals surface area (Å²) in [7, 11) is 0. The predicted octanol–water partition coefficient (Wildman–Crippen LogP) is 3.14. The Bertz CT molecular complexity index is 118. The molecule has 0 aromatic carbocycles. The third-order valence-electron chi connectivity index (χ3n) is 2.16. The Balaban J connectivity index is 3.19. The van der Waals surface area contributed by atoms with E-state index in [9.17, 15) is 0 Å². The van der Waals surface area contributed by atoms with Crippen molar-refractivity contribution in [3.05, 3.63) is 12.2 Å². The molecule has 0 amide bonds. The van der Waals surface area contributed by atoms with Crippen LogP contribution in [-0.4, -0.2) is 11.7 Å². The predicted molar refractivity (Wildman–Crippen MR) is 54.1 cm³/mol. The van der Waals surface area contributed by atoms with Crippen LogP contribution in [0.15, 0.2) is 12.2 Å². The highest BCUT2D eigenvalue weighted by atomic mass is 16.2. The van der Waals surface area contributed by atoms with Gasteiger partial charge in [0.1, 0.15) is 0 Å². The van der Waals surface area contributed by atoms with E-state index in [0.29, 0.717) is 6.61 Å². The Morgan fingerprint density at radius 2 is 1.92 bits per heavy atom. The molecule has 0 spiro atoms. The van der Waals surface area contributed by atoms with E-state index in [0.717, 1.165) is 25.2 Å². The van der Waals surface area contributed by atoms with Crippen LogP contribution in [0.5, 0.6) is 0 Å². The Kier molecular flexibility index (Phi) is 7.17. The van der Waals surface area contributed by atoms with Crippen LogP contribution >= 0.6 is 0 Å². The van der Waals surface area contributed by atoms with Gasteiger partial charge >= 0.3 is 0 Å². The first-order chi connectivity index (χ1) is 5.66. The van der Waals surface area contributed by atoms with Crippen LogP contribution in [-0.2, 0) is 0 Å². The lowest BCUT2D eigenvalue weighted by Gasteiger charge is -2.09. The molecule has 1 N–H and O–H groups in total. The molecule has 1 nitrogen and oxygen atoms in total. The minimum atomic E-state index is 0.338. The number of aliphatic hydroxyl groups excluding tert-OH is 1. The van der Waals surface area contributed by atoms with Gasteiger partial charge in [0, 0.05) is 6.61 Å². The summed E-state index contributed by atoms with van der Waals surface area (Å²) < 4.78 is 0. The molecule has 0 rings (SSSR count). The first-order valence-corrected chi connectivity index (χ1v) is 4.92. The van der Waals surface area contributed by atoms with Crippen molar-refractivity contribution in [2.24, 2.45) is 5.92 Å². The first-order valence-electron chi connectivity index (χ1n) is 4.92. The molecule has 1 unspecified atom stereocenters. The van der Waals surface area contributed by atoms with E-state index < -0.39 is 0 Å². The summed E-state index contributed by atoms with van der Waals surface area (Å²) in [6.07, 6.45) is 5.79. The van der Waals surface area contributed by atoms with Crippen molar-refractivity contribution in [1.82, 2.24) is 0 Å². The van der Waals surface area contributed by atoms with Crippen molar-refractivity contribution in [3.8, 4) is 0 Å². The van der Waals surface area contributed by atoms with E-state index in [1.807, 2.05) is 0 Å². The van der Waals surface area contributed by atoms with E-state index in [-0.39, 0.29) is 0 Å². The van der Waals surface area contributed by atoms with E-state index in [1.165, 1.54) is 18.4 Å². The SMILES string of the molecule is C=C(C)CCCC(C)CCCO. The fourth-order valence-electron chi connectivity index (χ4n) is 1.34. The Morgan fingerprint density at radius 3 is 2.42 bits per heavy atom. The van der Waals surface area contributed by atoms with Crippen LogP contribution in [0, 0.1) is 5.92 Å². The van der Waals surface area contributed by atoms with Crippen molar-refractivity contribution in [3.63, 3.8) is 0 Å². The molecule has 0 aliphatic heterocycles. The summed E-state index contributed by atoms with van der Waals surface area (Å²) in [5, 5.41) is 8.61. The third kappa shape index (κ3) is 7.80. The summed E-state index contributed by atoms with van der Waals surface area (Å²) in [6.45, 7) is 8.55. The Morgan fingerprint density at radius 1 is 1.33 bits per heavy atom. The fourth-order valence-corrected chi connectivity index (χ4v) is 1.34. The summed E-state index contributed by atoms with van der Waals surface area (Å²) >= 11 is 0. The van der Waals surface area contributed by atoms with Crippen LogP contribution in [0.25, 0.3) is 0 Å². The van der Waals surface area contributed by atoms with Gasteiger partial charge in [-0.15, -0.1) is 6.58 Å². The molecular formula is C11H22O. The van der Waals surface area contributed by atoms with Gasteiger partial charge in [0.05, 0.1) is 0 Å². The average molecular weight is 170 g/mol. The van der Waals surface area contributed by atoms with Gasteiger partial charge < -0.3 is 5.11 Å². The van der Waals surface area contributed by atoms with Crippen LogP contribution < -0.4 is 0 Å². The van der Waals surface area contributed by atoms with Crippen LogP contribution in [0.1, 0.15) is 46.0 Å². The fraction of sp³-hybridized carbons (Fsp3) is 0.818. The topological polar surface area (TPSA) is 20.2 Å². The largest absolute Gasteiger partial charge is 0.396 e. The highest BCUT2D eigenvalue weighted by Crippen LogP contribution is 2.15. The van der Waals surface area contributed by atoms with Crippen molar-refractivity contribution in [2.45, 2.75) is 46.0 Å². The highest BCUT2D eigenvalue weighted by Gasteiger charge is 2.00. The summed E-state index contributed by atoms with van der Waals surface area (Å²) in [4.78, 5) is 0. The maximum absolute atomic E-state index is 8.61. The summed E-state index contributed by atoms with van der Waals surface area (Å²) in [5.41, 5.74) is 1.28. The normalized spacial score (nSPS) is 12.9. The van der Waals surface area contributed by atoms with Gasteiger partial charge in [-0.05, 0) is 38.5 Å². The van der Waals surface area contributed by atoms with Gasteiger partial charge in [-0.2, -0.15) is 0 Å². The van der Waals surface area contributed by atoms with E-state index in [2.05, 4.69) is 20.4 Å². The molecule has 0 radical (unpaired) electrons. The molecule has 0 fully saturated rings. The second kappa shape index (κ2) is 7.35. The molecule has 0 aliphatic rings. The maximum atomic E-state index is 8.61. The molecule has 0 bridgehead atoms. The molecule has 0 aromatic rings. The summed E-state index contributed by atoms with van der Waals surface area (Å²) in [6, 6.07) is 0. The third-order valence-corrected chi connectivity index (χ3v) is 2.16. The summed E-state index contributed by atoms with van der Waals surface area (Å²) in [5.74, 6) is 0.761. The lowest BCUT2D eigenvalue weighted by atomic mass is 9.98. The molecular weight excluding hydrogens is 148 g/mol. The molecule has 12 heavy (non-hydrogen) atoms. The van der Waals surface area contributed by atoms with Crippen LogP contribution in [0.2, 0.25) is 0 Å². The van der Waals surface area contributed by atoms with Gasteiger partial charge in [0.2, 0.25) is 0 Å². The minimum absolute atomic E-state index is 0.338. The van der Waals surface area contributed by atoms with Crippen LogP contribution in [0.4, 0.5) is 0 Å². The number of allylic oxidation sites excluding steroid dienone is 1. The van der Waals surface area contributed by atoms with Crippen molar-refractivity contribution in [1.29, 1.82) is 0 Å². The van der Waals surface area contributed by atoms with E-state index >= 15 is 0 Å². The van der Waals surface area contributed by atoms with Crippen molar-refractivity contribution in [2.75, 3.05) is 6.61 Å². The zero-order valence-corrected chi connectivity index (χ0v) is 8.47. The minimum Gasteiger partial charge on any atom is -0.396 e. The molecule has 0 aromatic heterocycles. The zero-order chi connectivity index (χ0) is 9.40. The van der Waals surface area contributed by atoms with Crippen LogP contribution in [0.3, 0.4) is 0 Å². The number of aliphatic hydroxyl groups is 1. The van der Waals surface area contributed by atoms with Gasteiger partial charge in [-0.3, -0.25) is 0 Å². The molecule has 0 saturated heterocycles. The molecule has 0 heterocycles. The molecule has 1 heteroatoms. The van der Waals surface area contributed by atoms with E-state index in [1.54, 1.807) is 0 Å². The monoisotopic (exact) mass is 170 g/mol. The lowest BCUT2D eigenvalue weighted by molar-refractivity contribution is 0.271. The average Bonchev–Trinajstić information content (AvgIpc) is 2.00. The number of hydrogen-bond acceptors (Lipinski definition) is 1.